The molecule has 3 aliphatic carbocycles. The summed E-state index contributed by atoms with van der Waals surface area (Å²) in [4.78, 5) is 11.4. The topological polar surface area (TPSA) is 17.1 Å². The molecular formula is C10H14O. The lowest BCUT2D eigenvalue weighted by atomic mass is 9.85. The predicted octanol–water partition coefficient (Wildman–Crippen LogP) is 2.01. The number of Topliss-reactive ketones (excluding diaryl/α,β-unsaturated/α-hetero) is 1. The average Bonchev–Trinajstić information content (AvgIpc) is 2.60. The normalized spacial score (nSPS) is 53.6. The molecule has 3 saturated carbocycles. The summed E-state index contributed by atoms with van der Waals surface area (Å²) in [6.45, 7) is 0. The van der Waals surface area contributed by atoms with Crippen molar-refractivity contribution in [3.05, 3.63) is 0 Å². The summed E-state index contributed by atoms with van der Waals surface area (Å²) in [5, 5.41) is 0. The molecule has 60 valence electrons. The maximum Gasteiger partial charge on any atom is 0.136 e. The summed E-state index contributed by atoms with van der Waals surface area (Å²) in [6, 6.07) is 0. The number of carbonyl (C=O) groups is 1. The Morgan fingerprint density at radius 1 is 1.18 bits per heavy atom. The van der Waals surface area contributed by atoms with Crippen molar-refractivity contribution in [1.29, 1.82) is 0 Å². The summed E-state index contributed by atoms with van der Waals surface area (Å²) in [6.07, 6.45) is 6.41. The largest absolute Gasteiger partial charge is 0.299 e. The van der Waals surface area contributed by atoms with Crippen LogP contribution in [-0.2, 0) is 4.79 Å². The van der Waals surface area contributed by atoms with Crippen molar-refractivity contribution in [3.8, 4) is 0 Å². The van der Waals surface area contributed by atoms with Crippen molar-refractivity contribution >= 4 is 5.78 Å². The minimum Gasteiger partial charge on any atom is -0.299 e. The van der Waals surface area contributed by atoms with Crippen molar-refractivity contribution in [1.82, 2.24) is 0 Å². The molecule has 11 heavy (non-hydrogen) atoms. The van der Waals surface area contributed by atoms with Crippen LogP contribution in [0.3, 0.4) is 0 Å². The fourth-order valence-electron chi connectivity index (χ4n) is 3.39. The zero-order valence-corrected chi connectivity index (χ0v) is 6.75. The zero-order chi connectivity index (χ0) is 7.42. The first kappa shape index (κ1) is 6.22. The van der Waals surface area contributed by atoms with Crippen molar-refractivity contribution < 1.29 is 4.79 Å². The van der Waals surface area contributed by atoms with Gasteiger partial charge in [0, 0.05) is 12.3 Å². The van der Waals surface area contributed by atoms with Crippen LogP contribution in [-0.4, -0.2) is 5.78 Å². The van der Waals surface area contributed by atoms with Crippen LogP contribution in [0.25, 0.3) is 0 Å². The third kappa shape index (κ3) is 0.743. The highest BCUT2D eigenvalue weighted by atomic mass is 16.1. The van der Waals surface area contributed by atoms with Crippen LogP contribution in [0.5, 0.6) is 0 Å². The van der Waals surface area contributed by atoms with Gasteiger partial charge in [-0.3, -0.25) is 4.79 Å². The van der Waals surface area contributed by atoms with Crippen LogP contribution in [0.1, 0.15) is 32.1 Å². The molecule has 2 bridgehead atoms. The quantitative estimate of drug-likeness (QED) is 0.516. The smallest absolute Gasteiger partial charge is 0.136 e. The molecule has 1 nitrogen and oxygen atoms in total. The molecule has 0 aromatic carbocycles. The molecule has 4 unspecified atom stereocenters. The zero-order valence-electron chi connectivity index (χ0n) is 6.75. The Kier molecular flexibility index (Phi) is 1.06. The molecule has 0 heterocycles. The van der Waals surface area contributed by atoms with Crippen LogP contribution in [0.15, 0.2) is 0 Å². The highest BCUT2D eigenvalue weighted by molar-refractivity contribution is 5.85. The van der Waals surface area contributed by atoms with E-state index in [2.05, 4.69) is 0 Å². The molecule has 0 aromatic rings. The van der Waals surface area contributed by atoms with Crippen LogP contribution in [0.2, 0.25) is 0 Å². The Bertz CT molecular complexity index is 203. The number of ketones is 1. The Morgan fingerprint density at radius 3 is 3.00 bits per heavy atom. The van der Waals surface area contributed by atoms with E-state index in [1.54, 1.807) is 0 Å². The SMILES string of the molecule is O=C1CC2CCCC3C(C2)C13. The monoisotopic (exact) mass is 150 g/mol. The highest BCUT2D eigenvalue weighted by Gasteiger charge is 2.57. The van der Waals surface area contributed by atoms with Gasteiger partial charge in [0.1, 0.15) is 5.78 Å². The second-order valence-electron chi connectivity index (χ2n) is 4.56. The number of rotatable bonds is 0. The number of carbonyl (C=O) groups excluding carboxylic acids is 1. The lowest BCUT2D eigenvalue weighted by Gasteiger charge is -2.19. The molecule has 0 saturated heterocycles. The fourth-order valence-corrected chi connectivity index (χ4v) is 3.39. The van der Waals surface area contributed by atoms with E-state index >= 15 is 0 Å². The summed E-state index contributed by atoms with van der Waals surface area (Å²) >= 11 is 0. The molecule has 0 N–H and O–H groups in total. The van der Waals surface area contributed by atoms with Crippen LogP contribution in [0, 0.1) is 23.7 Å². The first-order chi connectivity index (χ1) is 5.36. The minimum absolute atomic E-state index is 0.548. The minimum atomic E-state index is 0.548. The number of hydrogen-bond acceptors (Lipinski definition) is 1. The summed E-state index contributed by atoms with van der Waals surface area (Å²) < 4.78 is 0. The fraction of sp³-hybridized carbons (Fsp3) is 0.900. The Morgan fingerprint density at radius 2 is 2.09 bits per heavy atom. The molecule has 0 spiro atoms. The van der Waals surface area contributed by atoms with E-state index < -0.39 is 0 Å². The molecule has 3 aliphatic rings. The highest BCUT2D eigenvalue weighted by Crippen LogP contribution is 2.59. The Balaban J connectivity index is 1.91. The Labute approximate surface area is 67.2 Å². The van der Waals surface area contributed by atoms with Crippen LogP contribution < -0.4 is 0 Å². The first-order valence-electron chi connectivity index (χ1n) is 4.89. The van der Waals surface area contributed by atoms with Gasteiger partial charge in [-0.1, -0.05) is 12.8 Å². The van der Waals surface area contributed by atoms with Crippen molar-refractivity contribution in [3.63, 3.8) is 0 Å². The first-order valence-corrected chi connectivity index (χ1v) is 4.89. The Hall–Kier alpha value is -0.330. The van der Waals surface area contributed by atoms with Gasteiger partial charge >= 0.3 is 0 Å². The third-order valence-electron chi connectivity index (χ3n) is 3.95. The van der Waals surface area contributed by atoms with Crippen molar-refractivity contribution in [2.24, 2.45) is 23.7 Å². The molecule has 3 rings (SSSR count). The summed E-state index contributed by atoms with van der Waals surface area (Å²) in [5.74, 6) is 3.64. The van der Waals surface area contributed by atoms with Crippen LogP contribution in [0.4, 0.5) is 0 Å². The average molecular weight is 150 g/mol. The van der Waals surface area contributed by atoms with Gasteiger partial charge in [0.05, 0.1) is 0 Å². The molecule has 0 aliphatic heterocycles. The predicted molar refractivity (Wildman–Crippen MR) is 42.1 cm³/mol. The standard InChI is InChI=1S/C10H14O/c11-9-5-6-2-1-3-7-8(4-6)10(7)9/h6-8,10H,1-5H2. The molecule has 0 radical (unpaired) electrons. The van der Waals surface area contributed by atoms with Gasteiger partial charge in [-0.25, -0.2) is 0 Å². The molecule has 4 atom stereocenters. The lowest BCUT2D eigenvalue weighted by molar-refractivity contribution is -0.123. The van der Waals surface area contributed by atoms with Crippen LogP contribution >= 0.6 is 0 Å². The molecule has 1 heteroatoms. The second-order valence-corrected chi connectivity index (χ2v) is 4.56. The molecule has 0 aromatic heterocycles. The second kappa shape index (κ2) is 1.88. The van der Waals surface area contributed by atoms with Gasteiger partial charge in [-0.05, 0) is 30.6 Å². The van der Waals surface area contributed by atoms with Crippen molar-refractivity contribution in [2.45, 2.75) is 32.1 Å². The van der Waals surface area contributed by atoms with E-state index in [-0.39, 0.29) is 0 Å². The molecule has 0 amide bonds. The van der Waals surface area contributed by atoms with E-state index in [4.69, 9.17) is 0 Å². The van der Waals surface area contributed by atoms with Gasteiger partial charge in [0.25, 0.3) is 0 Å². The third-order valence-corrected chi connectivity index (χ3v) is 3.95. The van der Waals surface area contributed by atoms with Gasteiger partial charge in [0.15, 0.2) is 0 Å². The van der Waals surface area contributed by atoms with E-state index in [9.17, 15) is 4.79 Å². The maximum atomic E-state index is 11.4. The summed E-state index contributed by atoms with van der Waals surface area (Å²) in [5.41, 5.74) is 0. The van der Waals surface area contributed by atoms with E-state index in [0.717, 1.165) is 24.2 Å². The van der Waals surface area contributed by atoms with Gasteiger partial charge in [-0.15, -0.1) is 0 Å². The molecule has 3 fully saturated rings. The number of fused-ring (bicyclic) bond motifs is 2. The lowest BCUT2D eigenvalue weighted by Crippen LogP contribution is -2.18. The number of hydrogen-bond donors (Lipinski definition) is 0. The molecular weight excluding hydrogens is 136 g/mol. The van der Waals surface area contributed by atoms with Gasteiger partial charge in [0.2, 0.25) is 0 Å². The van der Waals surface area contributed by atoms with E-state index in [1.165, 1.54) is 25.7 Å². The summed E-state index contributed by atoms with van der Waals surface area (Å²) in [7, 11) is 0. The van der Waals surface area contributed by atoms with Gasteiger partial charge < -0.3 is 0 Å². The van der Waals surface area contributed by atoms with E-state index in [0.29, 0.717) is 11.7 Å². The van der Waals surface area contributed by atoms with E-state index in [1.807, 2.05) is 0 Å². The van der Waals surface area contributed by atoms with Crippen molar-refractivity contribution in [2.75, 3.05) is 0 Å². The van der Waals surface area contributed by atoms with Gasteiger partial charge in [-0.2, -0.15) is 0 Å². The maximum absolute atomic E-state index is 11.4.